The van der Waals surface area contributed by atoms with Crippen molar-refractivity contribution in [3.05, 3.63) is 21.1 Å². The summed E-state index contributed by atoms with van der Waals surface area (Å²) in [5, 5.41) is 23.6. The summed E-state index contributed by atoms with van der Waals surface area (Å²) in [6.07, 6.45) is -0.00768. The van der Waals surface area contributed by atoms with Crippen molar-refractivity contribution >= 4 is 27.9 Å². The smallest absolute Gasteiger partial charge is 0.304 e. The molecule has 2 N–H and O–H groups in total. The van der Waals surface area contributed by atoms with E-state index < -0.39 is 11.0 Å². The highest BCUT2D eigenvalue weighted by Crippen LogP contribution is 2.40. The number of thiophene rings is 1. The molecule has 0 spiro atoms. The van der Waals surface area contributed by atoms with Crippen molar-refractivity contribution in [1.82, 2.24) is 5.32 Å². The maximum Gasteiger partial charge on any atom is 0.304 e. The molecule has 20 heavy (non-hydrogen) atoms. The minimum Gasteiger partial charge on any atom is -0.388 e. The van der Waals surface area contributed by atoms with Gasteiger partial charge in [0.2, 0.25) is 5.91 Å². The second kappa shape index (κ2) is 7.20. The molecule has 1 rings (SSSR count). The Labute approximate surface area is 121 Å². The summed E-state index contributed by atoms with van der Waals surface area (Å²) in [6, 6.07) is 1.37. The molecule has 0 aliphatic rings. The first kappa shape index (κ1) is 16.4. The van der Waals surface area contributed by atoms with Crippen LogP contribution in [0, 0.1) is 10.1 Å². The summed E-state index contributed by atoms with van der Waals surface area (Å²) >= 11 is 1.15. The third-order valence-electron chi connectivity index (χ3n) is 2.72. The average Bonchev–Trinajstić information content (AvgIpc) is 2.83. The quantitative estimate of drug-likeness (QED) is 0.590. The van der Waals surface area contributed by atoms with Crippen LogP contribution in [0.2, 0.25) is 0 Å². The molecule has 7 nitrogen and oxygen atoms in total. The zero-order valence-corrected chi connectivity index (χ0v) is 12.6. The minimum absolute atomic E-state index is 0.0605. The second-order valence-electron chi connectivity index (χ2n) is 4.37. The molecule has 1 heterocycles. The van der Waals surface area contributed by atoms with Gasteiger partial charge in [0.15, 0.2) is 5.00 Å². The maximum atomic E-state index is 11.5. The Bertz CT molecular complexity index is 487. The highest BCUT2D eigenvalue weighted by molar-refractivity contribution is 7.16. The third-order valence-corrected chi connectivity index (χ3v) is 4.07. The lowest BCUT2D eigenvalue weighted by atomic mass is 10.3. The molecular formula is C12H19N3O4S. The van der Waals surface area contributed by atoms with E-state index in [4.69, 9.17) is 0 Å². The predicted octanol–water partition coefficient (Wildman–Crippen LogP) is 1.67. The predicted molar refractivity (Wildman–Crippen MR) is 78.2 cm³/mol. The van der Waals surface area contributed by atoms with E-state index >= 15 is 0 Å². The number of hydrogen-bond donors (Lipinski definition) is 2. The number of carbonyl (C=O) groups is 1. The van der Waals surface area contributed by atoms with E-state index in [0.717, 1.165) is 17.8 Å². The van der Waals surface area contributed by atoms with Gasteiger partial charge in [0.25, 0.3) is 0 Å². The van der Waals surface area contributed by atoms with Gasteiger partial charge in [0, 0.05) is 24.5 Å². The molecule has 112 valence electrons. The monoisotopic (exact) mass is 301 g/mol. The number of hydrogen-bond acceptors (Lipinski definition) is 6. The zero-order valence-electron chi connectivity index (χ0n) is 11.8. The van der Waals surface area contributed by atoms with Crippen LogP contribution in [0.4, 0.5) is 10.7 Å². The van der Waals surface area contributed by atoms with Gasteiger partial charge in [0.1, 0.15) is 0 Å². The Morgan fingerprint density at radius 1 is 1.65 bits per heavy atom. The Hall–Kier alpha value is -1.67. The lowest BCUT2D eigenvalue weighted by Gasteiger charge is -2.20. The van der Waals surface area contributed by atoms with Crippen molar-refractivity contribution in [3.63, 3.8) is 0 Å². The molecule has 0 saturated heterocycles. The number of amides is 1. The van der Waals surface area contributed by atoms with Gasteiger partial charge in [-0.2, -0.15) is 0 Å². The second-order valence-corrected chi connectivity index (χ2v) is 5.43. The zero-order chi connectivity index (χ0) is 15.3. The third kappa shape index (κ3) is 3.91. The van der Waals surface area contributed by atoms with Gasteiger partial charge in [-0.25, -0.2) is 0 Å². The number of rotatable bonds is 7. The van der Waals surface area contributed by atoms with Gasteiger partial charge in [-0.3, -0.25) is 14.9 Å². The standard InChI is InChI=1S/C12H19N3O4S/c1-4-5-14(7-11(17)13-3)12-9(15(18)19)6-10(20-12)8(2)16/h6,8,16H,4-5,7H2,1-3H3,(H,13,17)/t8-/m1/s1. The van der Waals surface area contributed by atoms with E-state index in [1.54, 1.807) is 11.8 Å². The molecule has 0 aromatic carbocycles. The number of aliphatic hydroxyl groups excluding tert-OH is 1. The molecule has 0 aliphatic carbocycles. The fraction of sp³-hybridized carbons (Fsp3) is 0.583. The molecule has 0 fully saturated rings. The Morgan fingerprint density at radius 2 is 2.30 bits per heavy atom. The lowest BCUT2D eigenvalue weighted by Crippen LogP contribution is -2.36. The number of aliphatic hydroxyl groups is 1. The SMILES string of the molecule is CCCN(CC(=O)NC)c1sc([C@@H](C)O)cc1[N+](=O)[O-]. The lowest BCUT2D eigenvalue weighted by molar-refractivity contribution is -0.383. The molecule has 1 aromatic rings. The van der Waals surface area contributed by atoms with Crippen LogP contribution in [0.5, 0.6) is 0 Å². The van der Waals surface area contributed by atoms with Crippen LogP contribution < -0.4 is 10.2 Å². The van der Waals surface area contributed by atoms with Crippen molar-refractivity contribution < 1.29 is 14.8 Å². The number of carbonyl (C=O) groups excluding carboxylic acids is 1. The molecule has 0 radical (unpaired) electrons. The Morgan fingerprint density at radius 3 is 2.75 bits per heavy atom. The van der Waals surface area contributed by atoms with E-state index in [1.807, 2.05) is 6.92 Å². The van der Waals surface area contributed by atoms with E-state index in [-0.39, 0.29) is 18.1 Å². The van der Waals surface area contributed by atoms with Crippen LogP contribution in [-0.4, -0.2) is 36.1 Å². The van der Waals surface area contributed by atoms with Crippen LogP contribution in [0.25, 0.3) is 0 Å². The molecule has 1 atom stereocenters. The summed E-state index contributed by atoms with van der Waals surface area (Å²) in [5.41, 5.74) is -0.0664. The summed E-state index contributed by atoms with van der Waals surface area (Å²) < 4.78 is 0. The van der Waals surface area contributed by atoms with Crippen molar-refractivity contribution in [3.8, 4) is 0 Å². The van der Waals surface area contributed by atoms with Gasteiger partial charge in [0.05, 0.1) is 17.6 Å². The molecular weight excluding hydrogens is 282 g/mol. The van der Waals surface area contributed by atoms with Gasteiger partial charge < -0.3 is 15.3 Å². The van der Waals surface area contributed by atoms with Crippen LogP contribution in [-0.2, 0) is 4.79 Å². The summed E-state index contributed by atoms with van der Waals surface area (Å²) in [4.78, 5) is 24.4. The fourth-order valence-corrected chi connectivity index (χ4v) is 2.82. The number of nitrogens with zero attached hydrogens (tertiary/aromatic N) is 2. The molecule has 1 aromatic heterocycles. The molecule has 8 heteroatoms. The summed E-state index contributed by atoms with van der Waals surface area (Å²) in [7, 11) is 1.52. The first-order chi connectivity index (χ1) is 9.40. The van der Waals surface area contributed by atoms with E-state index in [0.29, 0.717) is 16.4 Å². The number of likely N-dealkylation sites (N-methyl/N-ethyl adjacent to an activating group) is 1. The first-order valence-electron chi connectivity index (χ1n) is 6.32. The molecule has 0 aliphatic heterocycles. The van der Waals surface area contributed by atoms with Crippen LogP contribution in [0.15, 0.2) is 6.07 Å². The van der Waals surface area contributed by atoms with Gasteiger partial charge >= 0.3 is 5.69 Å². The van der Waals surface area contributed by atoms with Gasteiger partial charge in [-0.05, 0) is 13.3 Å². The van der Waals surface area contributed by atoms with Crippen LogP contribution in [0.1, 0.15) is 31.2 Å². The Kier molecular flexibility index (Phi) is 5.90. The molecule has 0 unspecified atom stereocenters. The van der Waals surface area contributed by atoms with E-state index in [2.05, 4.69) is 5.32 Å². The molecule has 0 bridgehead atoms. The van der Waals surface area contributed by atoms with E-state index in [1.165, 1.54) is 13.1 Å². The van der Waals surface area contributed by atoms with Crippen LogP contribution in [0.3, 0.4) is 0 Å². The van der Waals surface area contributed by atoms with E-state index in [9.17, 15) is 20.0 Å². The largest absolute Gasteiger partial charge is 0.388 e. The van der Waals surface area contributed by atoms with Gasteiger partial charge in [-0.1, -0.05) is 6.92 Å². The number of nitrogens with one attached hydrogen (secondary N) is 1. The number of anilines is 1. The average molecular weight is 301 g/mol. The topological polar surface area (TPSA) is 95.7 Å². The Balaban J connectivity index is 3.16. The summed E-state index contributed by atoms with van der Waals surface area (Å²) in [6.45, 7) is 4.09. The normalized spacial score (nSPS) is 12.0. The fourth-order valence-electron chi connectivity index (χ4n) is 1.73. The molecule has 1 amide bonds. The van der Waals surface area contributed by atoms with Crippen LogP contribution >= 0.6 is 11.3 Å². The maximum absolute atomic E-state index is 11.5. The summed E-state index contributed by atoms with van der Waals surface area (Å²) in [5.74, 6) is -0.209. The number of nitro groups is 1. The van der Waals surface area contributed by atoms with Crippen molar-refractivity contribution in [2.75, 3.05) is 25.0 Å². The molecule has 0 saturated carbocycles. The first-order valence-corrected chi connectivity index (χ1v) is 7.14. The van der Waals surface area contributed by atoms with Crippen molar-refractivity contribution in [2.45, 2.75) is 26.4 Å². The highest BCUT2D eigenvalue weighted by atomic mass is 32.1. The van der Waals surface area contributed by atoms with Gasteiger partial charge in [-0.15, -0.1) is 11.3 Å². The van der Waals surface area contributed by atoms with Crippen molar-refractivity contribution in [2.24, 2.45) is 0 Å². The minimum atomic E-state index is -0.768. The highest BCUT2D eigenvalue weighted by Gasteiger charge is 2.26. The van der Waals surface area contributed by atoms with Crippen molar-refractivity contribution in [1.29, 1.82) is 0 Å².